The highest BCUT2D eigenvalue weighted by molar-refractivity contribution is 9.10. The van der Waals surface area contributed by atoms with Crippen molar-refractivity contribution in [2.75, 3.05) is 36.9 Å². The highest BCUT2D eigenvalue weighted by Crippen LogP contribution is 2.35. The lowest BCUT2D eigenvalue weighted by molar-refractivity contribution is -0.117. The van der Waals surface area contributed by atoms with Crippen molar-refractivity contribution in [1.29, 1.82) is 0 Å². The average Bonchev–Trinajstić information content (AvgIpc) is 2.93. The van der Waals surface area contributed by atoms with Crippen LogP contribution in [0.25, 0.3) is 10.9 Å². The van der Waals surface area contributed by atoms with Gasteiger partial charge in [-0.2, -0.15) is 0 Å². The van der Waals surface area contributed by atoms with E-state index in [-0.39, 0.29) is 36.4 Å². The van der Waals surface area contributed by atoms with Crippen LogP contribution in [-0.4, -0.2) is 64.1 Å². The third-order valence-corrected chi connectivity index (χ3v) is 6.88. The first-order valence-corrected chi connectivity index (χ1v) is 13.3. The van der Waals surface area contributed by atoms with E-state index in [0.717, 1.165) is 6.08 Å². The van der Waals surface area contributed by atoms with Crippen molar-refractivity contribution in [2.45, 2.75) is 19.3 Å². The van der Waals surface area contributed by atoms with Gasteiger partial charge in [0.2, 0.25) is 11.8 Å². The van der Waals surface area contributed by atoms with Gasteiger partial charge in [-0.1, -0.05) is 22.5 Å². The van der Waals surface area contributed by atoms with Crippen LogP contribution in [0.4, 0.5) is 26.4 Å². The molecule has 0 spiro atoms. The fraction of sp³-hybridized carbons (Fsp3) is 0.296. The lowest BCUT2D eigenvalue weighted by Gasteiger charge is -2.30. The van der Waals surface area contributed by atoms with Gasteiger partial charge in [-0.3, -0.25) is 9.59 Å². The van der Waals surface area contributed by atoms with Gasteiger partial charge in [0.15, 0.2) is 0 Å². The fourth-order valence-corrected chi connectivity index (χ4v) is 4.53. The first kappa shape index (κ1) is 28.7. The van der Waals surface area contributed by atoms with Gasteiger partial charge in [0.25, 0.3) is 0 Å². The number of piperidine rings is 1. The summed E-state index contributed by atoms with van der Waals surface area (Å²) >= 11 is 3.24. The van der Waals surface area contributed by atoms with E-state index >= 15 is 0 Å². The molecule has 0 bridgehead atoms. The van der Waals surface area contributed by atoms with E-state index < -0.39 is 11.9 Å². The third-order valence-electron chi connectivity index (χ3n) is 6.39. The van der Waals surface area contributed by atoms with Crippen LogP contribution < -0.4 is 20.7 Å². The number of hydrogen-bond acceptors (Lipinski definition) is 7. The van der Waals surface area contributed by atoms with Crippen LogP contribution in [0, 0.1) is 11.7 Å². The number of nitrogens with one attached hydrogen (secondary N) is 3. The lowest BCUT2D eigenvalue weighted by atomic mass is 9.98. The number of rotatable bonds is 10. The minimum atomic E-state index is -0.935. The van der Waals surface area contributed by atoms with Gasteiger partial charge in [0.1, 0.15) is 23.7 Å². The second-order valence-electron chi connectivity index (χ2n) is 9.15. The van der Waals surface area contributed by atoms with Crippen molar-refractivity contribution in [1.82, 2.24) is 20.2 Å². The van der Waals surface area contributed by atoms with Gasteiger partial charge < -0.3 is 30.7 Å². The molecule has 4 rings (SSSR count). The van der Waals surface area contributed by atoms with E-state index in [4.69, 9.17) is 4.74 Å². The second kappa shape index (κ2) is 13.2. The maximum absolute atomic E-state index is 14.5. The zero-order valence-electron chi connectivity index (χ0n) is 21.5. The Labute approximate surface area is 237 Å². The lowest BCUT2D eigenvalue weighted by Crippen LogP contribution is -2.38. The SMILES string of the molecule is C=CC(=O)NCCC(=O)Nc1cc2c(Nc3ccc(Br)cc3F)ncnc2cc1OCC1CCN(C(=O)O)CC1. The van der Waals surface area contributed by atoms with Gasteiger partial charge in [-0.25, -0.2) is 19.2 Å². The molecule has 1 fully saturated rings. The summed E-state index contributed by atoms with van der Waals surface area (Å²) in [6.07, 6.45) is 2.84. The standard InChI is InChI=1S/C27H28BrFN6O5/c1-2-24(36)30-8-5-25(37)33-22-12-18-21(13-23(22)40-14-16-6-9-35(10-7-16)27(38)39)31-15-32-26(18)34-20-4-3-17(28)11-19(20)29/h2-4,11-13,15-16H,1,5-10,14H2,(H,30,36)(H,33,37)(H,38,39)(H,31,32,34). The van der Waals surface area contributed by atoms with E-state index in [9.17, 15) is 23.9 Å². The Kier molecular flexibility index (Phi) is 9.48. The van der Waals surface area contributed by atoms with Crippen molar-refractivity contribution in [2.24, 2.45) is 5.92 Å². The van der Waals surface area contributed by atoms with Crippen molar-refractivity contribution in [3.8, 4) is 5.75 Å². The molecule has 40 heavy (non-hydrogen) atoms. The zero-order valence-corrected chi connectivity index (χ0v) is 23.0. The Morgan fingerprint density at radius 3 is 2.65 bits per heavy atom. The summed E-state index contributed by atoms with van der Waals surface area (Å²) in [7, 11) is 0. The van der Waals surface area contributed by atoms with E-state index in [1.54, 1.807) is 24.3 Å². The molecule has 0 aliphatic carbocycles. The number of amides is 3. The summed E-state index contributed by atoms with van der Waals surface area (Å²) in [4.78, 5) is 45.3. The highest BCUT2D eigenvalue weighted by Gasteiger charge is 2.23. The molecular weight excluding hydrogens is 587 g/mol. The molecular formula is C27H28BrFN6O5. The van der Waals surface area contributed by atoms with E-state index in [0.29, 0.717) is 65.2 Å². The first-order chi connectivity index (χ1) is 19.2. The van der Waals surface area contributed by atoms with Crippen molar-refractivity contribution in [3.63, 3.8) is 0 Å². The first-order valence-electron chi connectivity index (χ1n) is 12.5. The van der Waals surface area contributed by atoms with Gasteiger partial charge >= 0.3 is 6.09 Å². The molecule has 13 heteroatoms. The molecule has 1 aliphatic rings. The summed E-state index contributed by atoms with van der Waals surface area (Å²) in [5, 5.41) is 18.1. The molecule has 0 saturated carbocycles. The number of nitrogens with zero attached hydrogens (tertiary/aromatic N) is 3. The van der Waals surface area contributed by atoms with E-state index in [1.165, 1.54) is 17.3 Å². The number of hydrogen-bond donors (Lipinski definition) is 4. The summed E-state index contributed by atoms with van der Waals surface area (Å²) in [6, 6.07) is 7.91. The number of halogens is 2. The molecule has 4 N–H and O–H groups in total. The van der Waals surface area contributed by atoms with Crippen LogP contribution >= 0.6 is 15.9 Å². The van der Waals surface area contributed by atoms with Crippen LogP contribution in [0.15, 0.2) is 53.8 Å². The quantitative estimate of drug-likeness (QED) is 0.241. The van der Waals surface area contributed by atoms with Gasteiger partial charge in [0.05, 0.1) is 23.5 Å². The molecule has 11 nitrogen and oxygen atoms in total. The number of benzene rings is 2. The summed E-state index contributed by atoms with van der Waals surface area (Å²) in [5.41, 5.74) is 1.06. The number of aromatic nitrogens is 2. The Balaban J connectivity index is 1.58. The van der Waals surface area contributed by atoms with Crippen LogP contribution in [0.2, 0.25) is 0 Å². The van der Waals surface area contributed by atoms with E-state index in [2.05, 4.69) is 48.4 Å². The molecule has 0 atom stereocenters. The number of anilines is 3. The Morgan fingerprint density at radius 2 is 1.95 bits per heavy atom. The maximum Gasteiger partial charge on any atom is 0.407 e. The number of carboxylic acid groups (broad SMARTS) is 1. The summed E-state index contributed by atoms with van der Waals surface area (Å²) < 4.78 is 21.2. The Hall–Kier alpha value is -4.26. The predicted octanol–water partition coefficient (Wildman–Crippen LogP) is 4.67. The smallest absolute Gasteiger partial charge is 0.407 e. The second-order valence-corrected chi connectivity index (χ2v) is 10.1. The maximum atomic E-state index is 14.5. The number of likely N-dealkylation sites (tertiary alicyclic amines) is 1. The van der Waals surface area contributed by atoms with Gasteiger partial charge in [0, 0.05) is 42.0 Å². The molecule has 3 aromatic rings. The van der Waals surface area contributed by atoms with Crippen LogP contribution in [0.3, 0.4) is 0 Å². The molecule has 0 radical (unpaired) electrons. The monoisotopic (exact) mass is 614 g/mol. The van der Waals surface area contributed by atoms with Crippen LogP contribution in [-0.2, 0) is 9.59 Å². The number of fused-ring (bicyclic) bond motifs is 1. The Bertz CT molecular complexity index is 1430. The Morgan fingerprint density at radius 1 is 1.18 bits per heavy atom. The topological polar surface area (TPSA) is 146 Å². The minimum absolute atomic E-state index is 0.00517. The number of ether oxygens (including phenoxy) is 1. The van der Waals surface area contributed by atoms with Gasteiger partial charge in [-0.05, 0) is 49.1 Å². The zero-order chi connectivity index (χ0) is 28.6. The van der Waals surface area contributed by atoms with Crippen molar-refractivity contribution >= 4 is 61.9 Å². The predicted molar refractivity (Wildman–Crippen MR) is 151 cm³/mol. The molecule has 3 amide bonds. The van der Waals surface area contributed by atoms with Crippen molar-refractivity contribution < 1.29 is 28.6 Å². The average molecular weight is 615 g/mol. The summed E-state index contributed by atoms with van der Waals surface area (Å²) in [6.45, 7) is 4.66. The number of carbonyl (C=O) groups is 3. The third kappa shape index (κ3) is 7.44. The van der Waals surface area contributed by atoms with Gasteiger partial charge in [-0.15, -0.1) is 0 Å². The van der Waals surface area contributed by atoms with Crippen LogP contribution in [0.1, 0.15) is 19.3 Å². The fourth-order valence-electron chi connectivity index (χ4n) is 4.20. The highest BCUT2D eigenvalue weighted by atomic mass is 79.9. The molecule has 210 valence electrons. The molecule has 2 heterocycles. The van der Waals surface area contributed by atoms with Crippen LogP contribution in [0.5, 0.6) is 5.75 Å². The minimum Gasteiger partial charge on any atom is -0.491 e. The molecule has 2 aromatic carbocycles. The molecule has 0 unspecified atom stereocenters. The normalized spacial score (nSPS) is 13.5. The largest absolute Gasteiger partial charge is 0.491 e. The molecule has 1 aromatic heterocycles. The summed E-state index contributed by atoms with van der Waals surface area (Å²) in [5.74, 6) is -0.404. The molecule has 1 aliphatic heterocycles. The molecule has 1 saturated heterocycles. The van der Waals surface area contributed by atoms with Crippen molar-refractivity contribution in [3.05, 3.63) is 59.6 Å². The number of carbonyl (C=O) groups excluding carboxylic acids is 2. The van der Waals surface area contributed by atoms with E-state index in [1.807, 2.05) is 0 Å².